The van der Waals surface area contributed by atoms with Crippen LogP contribution >= 0.6 is 23.4 Å². The van der Waals surface area contributed by atoms with Crippen molar-refractivity contribution in [2.75, 3.05) is 18.4 Å². The number of thioether (sulfide) groups is 1. The molecule has 0 bridgehead atoms. The van der Waals surface area contributed by atoms with Crippen molar-refractivity contribution in [1.82, 2.24) is 5.32 Å². The Bertz CT molecular complexity index is 805. The van der Waals surface area contributed by atoms with Gasteiger partial charge in [-0.05, 0) is 44.1 Å². The Balaban J connectivity index is 1.76. The third-order valence-corrected chi connectivity index (χ3v) is 5.85. The average Bonchev–Trinajstić information content (AvgIpc) is 2.62. The zero-order valence-corrected chi connectivity index (χ0v) is 15.2. The van der Waals surface area contributed by atoms with Gasteiger partial charge in [-0.1, -0.05) is 11.6 Å². The molecule has 0 radical (unpaired) electrons. The second-order valence-electron chi connectivity index (χ2n) is 5.92. The minimum Gasteiger partial charge on any atom is -0.322 e. The number of benzene rings is 2. The lowest BCUT2D eigenvalue weighted by Gasteiger charge is -2.22. The standard InChI is InChI=1S/C18H16ClF3N2OS/c19-13-2-1-10(7-16(13)26-12-3-5-23-6-4-12)18(25)24-11-8-14(20)17(22)15(21)9-11/h1-2,7-9,12,23H,3-6H2,(H,24,25). The van der Waals surface area contributed by atoms with E-state index in [9.17, 15) is 18.0 Å². The predicted molar refractivity (Wildman–Crippen MR) is 97.5 cm³/mol. The monoisotopic (exact) mass is 400 g/mol. The highest BCUT2D eigenvalue weighted by molar-refractivity contribution is 8.00. The van der Waals surface area contributed by atoms with Gasteiger partial charge in [-0.25, -0.2) is 13.2 Å². The molecule has 3 rings (SSSR count). The number of piperidine rings is 1. The first-order chi connectivity index (χ1) is 12.4. The Morgan fingerprint density at radius 2 is 1.77 bits per heavy atom. The van der Waals surface area contributed by atoms with E-state index < -0.39 is 23.4 Å². The number of amides is 1. The summed E-state index contributed by atoms with van der Waals surface area (Å²) in [5.41, 5.74) is 0.143. The number of rotatable bonds is 4. The van der Waals surface area contributed by atoms with Gasteiger partial charge < -0.3 is 10.6 Å². The number of hydrogen-bond acceptors (Lipinski definition) is 3. The highest BCUT2D eigenvalue weighted by Crippen LogP contribution is 2.34. The summed E-state index contributed by atoms with van der Waals surface area (Å²) in [4.78, 5) is 13.1. The van der Waals surface area contributed by atoms with Gasteiger partial charge in [-0.2, -0.15) is 0 Å². The van der Waals surface area contributed by atoms with Crippen LogP contribution in [0.4, 0.5) is 18.9 Å². The van der Waals surface area contributed by atoms with Crippen molar-refractivity contribution in [3.05, 3.63) is 58.4 Å². The fourth-order valence-electron chi connectivity index (χ4n) is 2.66. The SMILES string of the molecule is O=C(Nc1cc(F)c(F)c(F)c1)c1ccc(Cl)c(SC2CCNCC2)c1. The first-order valence-electron chi connectivity index (χ1n) is 8.07. The summed E-state index contributed by atoms with van der Waals surface area (Å²) < 4.78 is 39.6. The molecule has 1 heterocycles. The number of carbonyl (C=O) groups is 1. The van der Waals surface area contributed by atoms with Crippen LogP contribution < -0.4 is 10.6 Å². The van der Waals surface area contributed by atoms with E-state index in [1.54, 1.807) is 23.9 Å². The van der Waals surface area contributed by atoms with E-state index in [-0.39, 0.29) is 5.69 Å². The molecule has 0 atom stereocenters. The summed E-state index contributed by atoms with van der Waals surface area (Å²) in [5.74, 6) is -4.86. The maximum absolute atomic E-state index is 13.3. The van der Waals surface area contributed by atoms with Crippen LogP contribution in [0.1, 0.15) is 23.2 Å². The van der Waals surface area contributed by atoms with Gasteiger partial charge in [0.15, 0.2) is 17.5 Å². The molecule has 1 aliphatic heterocycles. The smallest absolute Gasteiger partial charge is 0.255 e. The number of anilines is 1. The molecule has 2 aromatic rings. The molecular weight excluding hydrogens is 385 g/mol. The number of carbonyl (C=O) groups excluding carboxylic acids is 1. The molecule has 0 spiro atoms. The van der Waals surface area contributed by atoms with Crippen LogP contribution in [0.5, 0.6) is 0 Å². The molecule has 1 fully saturated rings. The van der Waals surface area contributed by atoms with Crippen molar-refractivity contribution in [2.24, 2.45) is 0 Å². The van der Waals surface area contributed by atoms with Crippen LogP contribution in [0.3, 0.4) is 0 Å². The van der Waals surface area contributed by atoms with E-state index in [1.165, 1.54) is 6.07 Å². The summed E-state index contributed by atoms with van der Waals surface area (Å²) in [7, 11) is 0. The lowest BCUT2D eigenvalue weighted by atomic mass is 10.2. The van der Waals surface area contributed by atoms with Gasteiger partial charge in [0.2, 0.25) is 0 Å². The minimum absolute atomic E-state index is 0.158. The maximum Gasteiger partial charge on any atom is 0.255 e. The maximum atomic E-state index is 13.3. The second kappa shape index (κ2) is 8.33. The number of halogens is 4. The highest BCUT2D eigenvalue weighted by atomic mass is 35.5. The molecule has 0 aliphatic carbocycles. The first-order valence-corrected chi connectivity index (χ1v) is 9.32. The molecule has 0 saturated carbocycles. The van der Waals surface area contributed by atoms with Crippen molar-refractivity contribution in [1.29, 1.82) is 0 Å². The molecule has 138 valence electrons. The second-order valence-corrected chi connectivity index (χ2v) is 7.67. The molecule has 8 heteroatoms. The fourth-order valence-corrected chi connectivity index (χ4v) is 4.12. The lowest BCUT2D eigenvalue weighted by Crippen LogP contribution is -2.29. The van der Waals surface area contributed by atoms with Gasteiger partial charge in [-0.15, -0.1) is 11.8 Å². The molecule has 0 aromatic heterocycles. The summed E-state index contributed by atoms with van der Waals surface area (Å²) in [6.45, 7) is 1.88. The van der Waals surface area contributed by atoms with Crippen LogP contribution in [0.2, 0.25) is 5.02 Å². The van der Waals surface area contributed by atoms with E-state index in [0.29, 0.717) is 15.8 Å². The Morgan fingerprint density at radius 1 is 1.12 bits per heavy atom. The van der Waals surface area contributed by atoms with Gasteiger partial charge in [0.1, 0.15) is 0 Å². The Hall–Kier alpha value is -1.70. The van der Waals surface area contributed by atoms with E-state index in [4.69, 9.17) is 11.6 Å². The first kappa shape index (κ1) is 19.1. The summed E-state index contributed by atoms with van der Waals surface area (Å²) >= 11 is 7.84. The van der Waals surface area contributed by atoms with Gasteiger partial charge in [-0.3, -0.25) is 4.79 Å². The molecule has 1 aliphatic rings. The van der Waals surface area contributed by atoms with Gasteiger partial charge in [0.25, 0.3) is 5.91 Å². The van der Waals surface area contributed by atoms with E-state index in [1.807, 2.05) is 0 Å². The van der Waals surface area contributed by atoms with Crippen LogP contribution in [0.25, 0.3) is 0 Å². The molecular formula is C18H16ClF3N2OS. The van der Waals surface area contributed by atoms with E-state index in [2.05, 4.69) is 10.6 Å². The van der Waals surface area contributed by atoms with Crippen LogP contribution in [-0.2, 0) is 0 Å². The van der Waals surface area contributed by atoms with Crippen molar-refractivity contribution in [3.63, 3.8) is 0 Å². The zero-order chi connectivity index (χ0) is 18.7. The summed E-state index contributed by atoms with van der Waals surface area (Å²) in [6, 6.07) is 6.26. The van der Waals surface area contributed by atoms with Crippen LogP contribution in [0.15, 0.2) is 35.2 Å². The van der Waals surface area contributed by atoms with Crippen LogP contribution in [0, 0.1) is 17.5 Å². The molecule has 26 heavy (non-hydrogen) atoms. The van der Waals surface area contributed by atoms with Crippen LogP contribution in [-0.4, -0.2) is 24.2 Å². The summed E-state index contributed by atoms with van der Waals surface area (Å²) in [6.07, 6.45) is 2.01. The lowest BCUT2D eigenvalue weighted by molar-refractivity contribution is 0.102. The topological polar surface area (TPSA) is 41.1 Å². The van der Waals surface area contributed by atoms with Crippen molar-refractivity contribution >= 4 is 35.0 Å². The fraction of sp³-hybridized carbons (Fsp3) is 0.278. The molecule has 1 amide bonds. The quantitative estimate of drug-likeness (QED) is 0.720. The molecule has 1 saturated heterocycles. The minimum atomic E-state index is -1.57. The van der Waals surface area contributed by atoms with Gasteiger partial charge in [0.05, 0.1) is 5.02 Å². The molecule has 2 N–H and O–H groups in total. The molecule has 0 unspecified atom stereocenters. The zero-order valence-electron chi connectivity index (χ0n) is 13.6. The molecule has 3 nitrogen and oxygen atoms in total. The number of nitrogens with one attached hydrogen (secondary N) is 2. The highest BCUT2D eigenvalue weighted by Gasteiger charge is 2.18. The normalized spacial score (nSPS) is 15.1. The average molecular weight is 401 g/mol. The Kier molecular flexibility index (Phi) is 6.11. The summed E-state index contributed by atoms with van der Waals surface area (Å²) in [5, 5.41) is 6.61. The Morgan fingerprint density at radius 3 is 2.42 bits per heavy atom. The Labute approximate surface area is 158 Å². The van der Waals surface area contributed by atoms with Crippen molar-refractivity contribution in [2.45, 2.75) is 23.0 Å². The number of hydrogen-bond donors (Lipinski definition) is 2. The third-order valence-electron chi connectivity index (χ3n) is 4.01. The van der Waals surface area contributed by atoms with Crippen molar-refractivity contribution < 1.29 is 18.0 Å². The van der Waals surface area contributed by atoms with Gasteiger partial charge in [0, 0.05) is 33.5 Å². The largest absolute Gasteiger partial charge is 0.322 e. The van der Waals surface area contributed by atoms with Crippen molar-refractivity contribution in [3.8, 4) is 0 Å². The van der Waals surface area contributed by atoms with Gasteiger partial charge >= 0.3 is 0 Å². The predicted octanol–water partition coefficient (Wildman–Crippen LogP) is 4.85. The third kappa shape index (κ3) is 4.52. The van der Waals surface area contributed by atoms with E-state index >= 15 is 0 Å². The molecule has 2 aromatic carbocycles. The van der Waals surface area contributed by atoms with E-state index in [0.717, 1.165) is 43.0 Å².